The molecule has 0 unspecified atom stereocenters. The van der Waals surface area contributed by atoms with E-state index in [9.17, 15) is 14.4 Å². The van der Waals surface area contributed by atoms with Crippen LogP contribution in [0.25, 0.3) is 0 Å². The van der Waals surface area contributed by atoms with Gasteiger partial charge in [0.1, 0.15) is 18.4 Å². The summed E-state index contributed by atoms with van der Waals surface area (Å²) in [5.41, 5.74) is 1.43. The minimum Gasteiger partial charge on any atom is -0.489 e. The summed E-state index contributed by atoms with van der Waals surface area (Å²) in [7, 11) is 1.27. The largest absolute Gasteiger partial charge is 0.489 e. The highest BCUT2D eigenvalue weighted by Gasteiger charge is 2.52. The number of hydrogen-bond donors (Lipinski definition) is 1. The average Bonchev–Trinajstić information content (AvgIpc) is 3.48. The zero-order chi connectivity index (χ0) is 23.3. The van der Waals surface area contributed by atoms with Crippen molar-refractivity contribution in [3.8, 4) is 5.75 Å². The number of carbonyl (C=O) groups is 3. The molecule has 174 valence electrons. The molecule has 1 atom stereocenters. The molecular weight excluding hydrogens is 428 g/mol. The van der Waals surface area contributed by atoms with E-state index in [1.807, 2.05) is 30.3 Å². The van der Waals surface area contributed by atoms with Crippen LogP contribution in [0.5, 0.6) is 5.75 Å². The van der Waals surface area contributed by atoms with Crippen LogP contribution in [0.3, 0.4) is 0 Å². The number of hydrogen-bond acceptors (Lipinski definition) is 7. The first-order valence-electron chi connectivity index (χ1n) is 10.7. The van der Waals surface area contributed by atoms with Gasteiger partial charge < -0.3 is 29.2 Å². The SMILES string of the molecule is COC(=O)[C@@H]1CC2(CN1C(=O)CNC(=O)c1ccc(OCc3ccccc3)cc1)OCCO2. The number of nitrogens with zero attached hydrogens (tertiary/aromatic N) is 1. The summed E-state index contributed by atoms with van der Waals surface area (Å²) in [6.07, 6.45) is 0.198. The molecule has 4 rings (SSSR count). The van der Waals surface area contributed by atoms with Gasteiger partial charge in [-0.05, 0) is 29.8 Å². The van der Waals surface area contributed by atoms with Crippen LogP contribution < -0.4 is 10.1 Å². The molecule has 9 heteroatoms. The maximum absolute atomic E-state index is 12.8. The van der Waals surface area contributed by atoms with E-state index in [1.54, 1.807) is 24.3 Å². The van der Waals surface area contributed by atoms with Gasteiger partial charge in [0.15, 0.2) is 5.79 Å². The molecule has 0 radical (unpaired) electrons. The van der Waals surface area contributed by atoms with Crippen LogP contribution in [0.15, 0.2) is 54.6 Å². The van der Waals surface area contributed by atoms with Crippen LogP contribution in [0.1, 0.15) is 22.3 Å². The molecule has 0 bridgehead atoms. The molecule has 2 saturated heterocycles. The van der Waals surface area contributed by atoms with Gasteiger partial charge in [-0.15, -0.1) is 0 Å². The Balaban J connectivity index is 1.31. The number of esters is 1. The van der Waals surface area contributed by atoms with Gasteiger partial charge >= 0.3 is 5.97 Å². The maximum atomic E-state index is 12.8. The van der Waals surface area contributed by atoms with E-state index < -0.39 is 29.6 Å². The Kier molecular flexibility index (Phi) is 6.90. The Morgan fingerprint density at radius 2 is 1.76 bits per heavy atom. The molecule has 0 aromatic heterocycles. The summed E-state index contributed by atoms with van der Waals surface area (Å²) >= 11 is 0. The van der Waals surface area contributed by atoms with Gasteiger partial charge in [-0.25, -0.2) is 4.79 Å². The minimum absolute atomic E-state index is 0.106. The monoisotopic (exact) mass is 454 g/mol. The standard InChI is InChI=1S/C24H26N2O7/c1-30-23(29)20-13-24(32-11-12-33-24)16-26(20)21(27)14-25-22(28)18-7-9-19(10-8-18)31-15-17-5-3-2-4-6-17/h2-10,20H,11-16H2,1H3,(H,25,28)/t20-/m0/s1. The van der Waals surface area contributed by atoms with Crippen LogP contribution in [0.2, 0.25) is 0 Å². The second-order valence-corrected chi connectivity index (χ2v) is 7.85. The third-order valence-electron chi connectivity index (χ3n) is 5.66. The molecule has 2 aromatic rings. The molecule has 1 spiro atoms. The fourth-order valence-corrected chi connectivity index (χ4v) is 3.96. The smallest absolute Gasteiger partial charge is 0.328 e. The molecule has 33 heavy (non-hydrogen) atoms. The number of likely N-dealkylation sites (tertiary alicyclic amines) is 1. The zero-order valence-corrected chi connectivity index (χ0v) is 18.3. The predicted octanol–water partition coefficient (Wildman–Crippen LogP) is 1.51. The lowest BCUT2D eigenvalue weighted by Gasteiger charge is -2.23. The lowest BCUT2D eigenvalue weighted by Crippen LogP contribution is -2.46. The normalized spacial score (nSPS) is 18.8. The van der Waals surface area contributed by atoms with Crippen molar-refractivity contribution in [1.29, 1.82) is 0 Å². The lowest BCUT2D eigenvalue weighted by atomic mass is 10.1. The van der Waals surface area contributed by atoms with E-state index in [2.05, 4.69) is 5.32 Å². The zero-order valence-electron chi connectivity index (χ0n) is 18.3. The summed E-state index contributed by atoms with van der Waals surface area (Å²) in [6.45, 7) is 1.06. The van der Waals surface area contributed by atoms with Crippen molar-refractivity contribution in [3.05, 3.63) is 65.7 Å². The van der Waals surface area contributed by atoms with E-state index in [4.69, 9.17) is 18.9 Å². The summed E-state index contributed by atoms with van der Waals surface area (Å²) in [5, 5.41) is 2.60. The number of nitrogens with one attached hydrogen (secondary N) is 1. The van der Waals surface area contributed by atoms with Gasteiger partial charge in [-0.1, -0.05) is 30.3 Å². The Morgan fingerprint density at radius 3 is 2.42 bits per heavy atom. The van der Waals surface area contributed by atoms with Crippen LogP contribution in [-0.2, 0) is 30.4 Å². The molecule has 2 amide bonds. The van der Waals surface area contributed by atoms with Gasteiger partial charge in [-0.3, -0.25) is 9.59 Å². The van der Waals surface area contributed by atoms with Crippen molar-refractivity contribution < 1.29 is 33.3 Å². The summed E-state index contributed by atoms with van der Waals surface area (Å²) in [5.74, 6) is -1.73. The Hall–Kier alpha value is -3.43. The second-order valence-electron chi connectivity index (χ2n) is 7.85. The van der Waals surface area contributed by atoms with Crippen molar-refractivity contribution in [2.45, 2.75) is 24.9 Å². The molecule has 2 fully saturated rings. The third-order valence-corrected chi connectivity index (χ3v) is 5.66. The Morgan fingerprint density at radius 1 is 1.06 bits per heavy atom. The van der Waals surface area contributed by atoms with Crippen LogP contribution in [-0.4, -0.2) is 67.9 Å². The Labute approximate surface area is 191 Å². The number of ether oxygens (including phenoxy) is 4. The summed E-state index contributed by atoms with van der Waals surface area (Å²) in [6, 6.07) is 15.6. The first kappa shape index (κ1) is 22.8. The molecular formula is C24H26N2O7. The molecule has 2 aliphatic rings. The summed E-state index contributed by atoms with van der Waals surface area (Å²) in [4.78, 5) is 38.8. The quantitative estimate of drug-likeness (QED) is 0.633. The van der Waals surface area contributed by atoms with Gasteiger partial charge in [0.25, 0.3) is 5.91 Å². The number of amides is 2. The second kappa shape index (κ2) is 10.0. The van der Waals surface area contributed by atoms with Crippen molar-refractivity contribution in [1.82, 2.24) is 10.2 Å². The Bertz CT molecular complexity index is 988. The van der Waals surface area contributed by atoms with E-state index in [0.717, 1.165) is 5.56 Å². The molecule has 0 aliphatic carbocycles. The molecule has 2 heterocycles. The summed E-state index contributed by atoms with van der Waals surface area (Å²) < 4.78 is 21.8. The molecule has 9 nitrogen and oxygen atoms in total. The van der Waals surface area contributed by atoms with Crippen molar-refractivity contribution in [2.75, 3.05) is 33.4 Å². The first-order chi connectivity index (χ1) is 16.0. The minimum atomic E-state index is -0.992. The van der Waals surface area contributed by atoms with E-state index in [1.165, 1.54) is 12.0 Å². The fourth-order valence-electron chi connectivity index (χ4n) is 3.96. The van der Waals surface area contributed by atoms with E-state index >= 15 is 0 Å². The van der Waals surface area contributed by atoms with Crippen molar-refractivity contribution in [2.24, 2.45) is 0 Å². The third kappa shape index (κ3) is 5.32. The average molecular weight is 454 g/mol. The van der Waals surface area contributed by atoms with Gasteiger partial charge in [0, 0.05) is 12.0 Å². The van der Waals surface area contributed by atoms with Crippen LogP contribution in [0, 0.1) is 0 Å². The predicted molar refractivity (Wildman–Crippen MR) is 116 cm³/mol. The highest BCUT2D eigenvalue weighted by molar-refractivity contribution is 5.97. The molecule has 1 N–H and O–H groups in total. The van der Waals surface area contributed by atoms with Crippen LogP contribution >= 0.6 is 0 Å². The molecule has 2 aromatic carbocycles. The highest BCUT2D eigenvalue weighted by Crippen LogP contribution is 2.35. The topological polar surface area (TPSA) is 103 Å². The fraction of sp³-hybridized carbons (Fsp3) is 0.375. The number of methoxy groups -OCH3 is 1. The lowest BCUT2D eigenvalue weighted by molar-refractivity contribution is -0.152. The highest BCUT2D eigenvalue weighted by atomic mass is 16.7. The maximum Gasteiger partial charge on any atom is 0.328 e. The van der Waals surface area contributed by atoms with Gasteiger partial charge in [0.05, 0.1) is 33.4 Å². The van der Waals surface area contributed by atoms with E-state index in [-0.39, 0.29) is 19.5 Å². The van der Waals surface area contributed by atoms with Gasteiger partial charge in [-0.2, -0.15) is 0 Å². The molecule has 0 saturated carbocycles. The number of rotatable bonds is 7. The van der Waals surface area contributed by atoms with Gasteiger partial charge in [0.2, 0.25) is 5.91 Å². The van der Waals surface area contributed by atoms with Crippen molar-refractivity contribution >= 4 is 17.8 Å². The van der Waals surface area contributed by atoms with E-state index in [0.29, 0.717) is 31.1 Å². The number of carbonyl (C=O) groups excluding carboxylic acids is 3. The van der Waals surface area contributed by atoms with Crippen molar-refractivity contribution in [3.63, 3.8) is 0 Å². The molecule has 2 aliphatic heterocycles. The number of benzene rings is 2. The first-order valence-corrected chi connectivity index (χ1v) is 10.7. The van der Waals surface area contributed by atoms with Crippen LogP contribution in [0.4, 0.5) is 0 Å².